The smallest absolute Gasteiger partial charge is 0.319 e. The Kier molecular flexibility index (Phi) is 4.79. The number of benzene rings is 1. The first kappa shape index (κ1) is 16.2. The number of carbonyl (C=O) groups excluding carboxylic acids is 1. The third kappa shape index (κ3) is 3.63. The van der Waals surface area contributed by atoms with Gasteiger partial charge in [0.05, 0.1) is 27.9 Å². The Hall–Kier alpha value is -1.70. The summed E-state index contributed by atoms with van der Waals surface area (Å²) < 4.78 is 6.57. The molecule has 2 aromatic rings. The van der Waals surface area contributed by atoms with E-state index in [9.17, 15) is 4.79 Å². The van der Waals surface area contributed by atoms with E-state index in [1.54, 1.807) is 24.0 Å². The number of aromatic nitrogens is 1. The molecule has 2 atom stereocenters. The predicted octanol–water partition coefficient (Wildman–Crippen LogP) is 2.53. The molecule has 0 unspecified atom stereocenters. The highest BCUT2D eigenvalue weighted by Gasteiger charge is 2.34. The number of methoxy groups -OCH3 is 1. The number of thiazole rings is 1. The quantitative estimate of drug-likeness (QED) is 0.902. The zero-order valence-corrected chi connectivity index (χ0v) is 14.4. The van der Waals surface area contributed by atoms with E-state index >= 15 is 0 Å². The predicted molar refractivity (Wildman–Crippen MR) is 93.1 cm³/mol. The third-order valence-electron chi connectivity index (χ3n) is 4.23. The molecule has 0 aliphatic carbocycles. The maximum atomic E-state index is 12.3. The maximum Gasteiger partial charge on any atom is 0.319 e. The number of urea groups is 1. The van der Waals surface area contributed by atoms with Crippen LogP contribution in [0.3, 0.4) is 0 Å². The summed E-state index contributed by atoms with van der Waals surface area (Å²) in [5.41, 5.74) is 3.52. The highest BCUT2D eigenvalue weighted by molar-refractivity contribution is 7.16. The van der Waals surface area contributed by atoms with Gasteiger partial charge in [-0.05, 0) is 32.0 Å². The van der Waals surface area contributed by atoms with Gasteiger partial charge in [0.1, 0.15) is 0 Å². The van der Waals surface area contributed by atoms with Crippen molar-refractivity contribution in [2.24, 2.45) is 0 Å². The highest BCUT2D eigenvalue weighted by Crippen LogP contribution is 2.22. The van der Waals surface area contributed by atoms with Gasteiger partial charge >= 0.3 is 6.03 Å². The summed E-state index contributed by atoms with van der Waals surface area (Å²) in [6.45, 7) is 5.95. The Labute approximate surface area is 139 Å². The standard InChI is InChI=1S/C16H22N4O2S/c1-10(2)20-7-13(14(8-20)22-3)19-16(21)18-11-4-5-12-15(6-11)23-9-17-12/h4-6,9-10,13-14H,7-8H2,1-3H3,(H2,18,19,21)/t13-,14-/m1/s1. The summed E-state index contributed by atoms with van der Waals surface area (Å²) in [5, 5.41) is 5.92. The van der Waals surface area contributed by atoms with Gasteiger partial charge in [-0.3, -0.25) is 4.90 Å². The van der Waals surface area contributed by atoms with Crippen LogP contribution in [0, 0.1) is 0 Å². The second-order valence-corrected chi connectivity index (χ2v) is 6.95. The lowest BCUT2D eigenvalue weighted by molar-refractivity contribution is 0.0896. The largest absolute Gasteiger partial charge is 0.378 e. The molecule has 2 N–H and O–H groups in total. The fourth-order valence-corrected chi connectivity index (χ4v) is 3.59. The number of nitrogens with zero attached hydrogens (tertiary/aromatic N) is 2. The molecule has 1 aromatic heterocycles. The van der Waals surface area contributed by atoms with Crippen molar-refractivity contribution in [2.45, 2.75) is 32.0 Å². The van der Waals surface area contributed by atoms with Crippen LogP contribution in [-0.2, 0) is 4.74 Å². The monoisotopic (exact) mass is 334 g/mol. The van der Waals surface area contributed by atoms with Gasteiger partial charge in [-0.1, -0.05) is 0 Å². The fraction of sp³-hybridized carbons (Fsp3) is 0.500. The molecule has 0 saturated carbocycles. The van der Waals surface area contributed by atoms with E-state index in [1.165, 1.54) is 0 Å². The molecular weight excluding hydrogens is 312 g/mol. The molecule has 7 heteroatoms. The Morgan fingerprint density at radius 2 is 2.26 bits per heavy atom. The van der Waals surface area contributed by atoms with Crippen molar-refractivity contribution < 1.29 is 9.53 Å². The second kappa shape index (κ2) is 6.82. The Bertz CT molecular complexity index is 688. The van der Waals surface area contributed by atoms with Crippen LogP contribution in [0.4, 0.5) is 10.5 Å². The summed E-state index contributed by atoms with van der Waals surface area (Å²) >= 11 is 1.56. The van der Waals surface area contributed by atoms with Crippen molar-refractivity contribution in [1.82, 2.24) is 15.2 Å². The SMILES string of the molecule is CO[C@@H]1CN(C(C)C)C[C@H]1NC(=O)Nc1ccc2ncsc2c1. The van der Waals surface area contributed by atoms with Crippen molar-refractivity contribution in [3.63, 3.8) is 0 Å². The Morgan fingerprint density at radius 3 is 3.00 bits per heavy atom. The van der Waals surface area contributed by atoms with Crippen molar-refractivity contribution in [3.8, 4) is 0 Å². The van der Waals surface area contributed by atoms with Crippen molar-refractivity contribution >= 4 is 33.3 Å². The summed E-state index contributed by atoms with van der Waals surface area (Å²) in [4.78, 5) is 18.8. The van der Waals surface area contributed by atoms with Crippen LogP contribution >= 0.6 is 11.3 Å². The molecule has 3 rings (SSSR count). The summed E-state index contributed by atoms with van der Waals surface area (Å²) in [6, 6.07) is 5.95. The van der Waals surface area contributed by atoms with E-state index in [-0.39, 0.29) is 18.2 Å². The van der Waals surface area contributed by atoms with Crippen LogP contribution in [-0.4, -0.2) is 54.3 Å². The van der Waals surface area contributed by atoms with E-state index in [1.807, 2.05) is 18.2 Å². The number of anilines is 1. The number of ether oxygens (including phenoxy) is 1. The van der Waals surface area contributed by atoms with Gasteiger partial charge in [0, 0.05) is 31.9 Å². The number of likely N-dealkylation sites (tertiary alicyclic amines) is 1. The highest BCUT2D eigenvalue weighted by atomic mass is 32.1. The lowest BCUT2D eigenvalue weighted by atomic mass is 10.2. The average molecular weight is 334 g/mol. The van der Waals surface area contributed by atoms with Crippen LogP contribution in [0.5, 0.6) is 0 Å². The zero-order valence-electron chi connectivity index (χ0n) is 13.6. The van der Waals surface area contributed by atoms with E-state index in [2.05, 4.69) is 34.4 Å². The minimum atomic E-state index is -0.202. The van der Waals surface area contributed by atoms with Crippen LogP contribution in [0.15, 0.2) is 23.7 Å². The molecular formula is C16H22N4O2S. The van der Waals surface area contributed by atoms with Gasteiger partial charge < -0.3 is 15.4 Å². The minimum Gasteiger partial charge on any atom is -0.378 e. The topological polar surface area (TPSA) is 66.5 Å². The van der Waals surface area contributed by atoms with Gasteiger partial charge in [0.2, 0.25) is 0 Å². The molecule has 1 aliphatic rings. The van der Waals surface area contributed by atoms with Gasteiger partial charge in [-0.2, -0.15) is 0 Å². The second-order valence-electron chi connectivity index (χ2n) is 6.06. The number of nitrogens with one attached hydrogen (secondary N) is 2. The molecule has 2 heterocycles. The maximum absolute atomic E-state index is 12.3. The average Bonchev–Trinajstić information content (AvgIpc) is 3.12. The third-order valence-corrected chi connectivity index (χ3v) is 5.02. The number of amides is 2. The van der Waals surface area contributed by atoms with Crippen LogP contribution in [0.25, 0.3) is 10.2 Å². The van der Waals surface area contributed by atoms with E-state index in [4.69, 9.17) is 4.74 Å². The number of hydrogen-bond acceptors (Lipinski definition) is 5. The Morgan fingerprint density at radius 1 is 1.43 bits per heavy atom. The normalized spacial score (nSPS) is 21.9. The van der Waals surface area contributed by atoms with Crippen molar-refractivity contribution in [1.29, 1.82) is 0 Å². The molecule has 6 nitrogen and oxygen atoms in total. The van der Waals surface area contributed by atoms with Gasteiger partial charge in [0.15, 0.2) is 0 Å². The molecule has 1 aliphatic heterocycles. The summed E-state index contributed by atoms with van der Waals surface area (Å²) in [6.07, 6.45) is 0.0205. The van der Waals surface area contributed by atoms with Gasteiger partial charge in [0.25, 0.3) is 0 Å². The van der Waals surface area contributed by atoms with Crippen LogP contribution in [0.1, 0.15) is 13.8 Å². The number of fused-ring (bicyclic) bond motifs is 1. The molecule has 124 valence electrons. The van der Waals surface area contributed by atoms with E-state index in [0.29, 0.717) is 6.04 Å². The van der Waals surface area contributed by atoms with Gasteiger partial charge in [-0.15, -0.1) is 11.3 Å². The molecule has 1 saturated heterocycles. The lowest BCUT2D eigenvalue weighted by Crippen LogP contribution is -2.45. The molecule has 0 spiro atoms. The van der Waals surface area contributed by atoms with Gasteiger partial charge in [-0.25, -0.2) is 9.78 Å². The zero-order chi connectivity index (χ0) is 16.4. The molecule has 0 bridgehead atoms. The number of hydrogen-bond donors (Lipinski definition) is 2. The fourth-order valence-electron chi connectivity index (χ4n) is 2.87. The molecule has 0 radical (unpaired) electrons. The molecule has 2 amide bonds. The first-order valence-electron chi connectivity index (χ1n) is 7.74. The summed E-state index contributed by atoms with van der Waals surface area (Å²) in [5.74, 6) is 0. The lowest BCUT2D eigenvalue weighted by Gasteiger charge is -2.20. The first-order valence-corrected chi connectivity index (χ1v) is 8.62. The summed E-state index contributed by atoms with van der Waals surface area (Å²) in [7, 11) is 1.69. The van der Waals surface area contributed by atoms with Crippen molar-refractivity contribution in [2.75, 3.05) is 25.5 Å². The van der Waals surface area contributed by atoms with E-state index < -0.39 is 0 Å². The van der Waals surface area contributed by atoms with E-state index in [0.717, 1.165) is 29.0 Å². The van der Waals surface area contributed by atoms with Crippen LogP contribution < -0.4 is 10.6 Å². The molecule has 1 fully saturated rings. The van der Waals surface area contributed by atoms with Crippen molar-refractivity contribution in [3.05, 3.63) is 23.7 Å². The Balaban J connectivity index is 1.62. The number of carbonyl (C=O) groups is 1. The minimum absolute atomic E-state index is 0.00506. The number of rotatable bonds is 4. The molecule has 23 heavy (non-hydrogen) atoms. The molecule has 1 aromatic carbocycles. The first-order chi connectivity index (χ1) is 11.1. The van der Waals surface area contributed by atoms with Crippen LogP contribution in [0.2, 0.25) is 0 Å².